The number of hydrogen-bond acceptors (Lipinski definition) is 2. The summed E-state index contributed by atoms with van der Waals surface area (Å²) < 4.78 is 0. The fraction of sp³-hybridized carbons (Fsp3) is 0.600. The third-order valence-corrected chi connectivity index (χ3v) is 5.63. The molecule has 0 aromatic heterocycles. The third-order valence-electron chi connectivity index (χ3n) is 5.63. The smallest absolute Gasteiger partial charge is 0.317 e. The molecular weight excluding hydrogens is 314 g/mol. The van der Waals surface area contributed by atoms with Gasteiger partial charge in [0.2, 0.25) is 5.91 Å². The molecule has 5 nitrogen and oxygen atoms in total. The van der Waals surface area contributed by atoms with E-state index < -0.39 is 0 Å². The number of benzene rings is 1. The number of carbonyl (C=O) groups excluding carboxylic acids is 2. The number of nitrogens with zero attached hydrogens (tertiary/aromatic N) is 2. The molecule has 2 fully saturated rings. The molecule has 5 heteroatoms. The Morgan fingerprint density at radius 3 is 2.56 bits per heavy atom. The molecule has 0 radical (unpaired) electrons. The standard InChI is InChI=1S/C20H27N3O2/c24-19(17-7-8-17)22-9-2-10-23(12-11-22)20(25)21-14-15-5-6-16-3-1-4-18(16)13-15/h5-6,13,17H,1-4,7-12,14H2,(H,21,25). The lowest BCUT2D eigenvalue weighted by Crippen LogP contribution is -2.42. The van der Waals surface area contributed by atoms with E-state index in [9.17, 15) is 9.59 Å². The summed E-state index contributed by atoms with van der Waals surface area (Å²) in [6, 6.07) is 6.56. The van der Waals surface area contributed by atoms with Gasteiger partial charge in [0.05, 0.1) is 0 Å². The van der Waals surface area contributed by atoms with Crippen molar-refractivity contribution in [1.29, 1.82) is 0 Å². The molecule has 134 valence electrons. The van der Waals surface area contributed by atoms with Gasteiger partial charge in [-0.05, 0) is 55.2 Å². The van der Waals surface area contributed by atoms with Gasteiger partial charge >= 0.3 is 6.03 Å². The van der Waals surface area contributed by atoms with Gasteiger partial charge in [0.15, 0.2) is 0 Å². The molecule has 25 heavy (non-hydrogen) atoms. The zero-order chi connectivity index (χ0) is 17.2. The molecule has 4 rings (SSSR count). The number of urea groups is 1. The maximum absolute atomic E-state index is 12.5. The van der Waals surface area contributed by atoms with Gasteiger partial charge in [-0.2, -0.15) is 0 Å². The Balaban J connectivity index is 1.28. The van der Waals surface area contributed by atoms with Crippen LogP contribution in [-0.2, 0) is 24.2 Å². The zero-order valence-corrected chi connectivity index (χ0v) is 14.8. The largest absolute Gasteiger partial charge is 0.341 e. The Morgan fingerprint density at radius 1 is 0.960 bits per heavy atom. The van der Waals surface area contributed by atoms with E-state index in [0.29, 0.717) is 25.5 Å². The number of fused-ring (bicyclic) bond motifs is 1. The Kier molecular flexibility index (Phi) is 4.64. The summed E-state index contributed by atoms with van der Waals surface area (Å²) in [4.78, 5) is 28.5. The highest BCUT2D eigenvalue weighted by atomic mass is 16.2. The van der Waals surface area contributed by atoms with Gasteiger partial charge in [0.25, 0.3) is 0 Å². The lowest BCUT2D eigenvalue weighted by atomic mass is 10.1. The van der Waals surface area contributed by atoms with Gasteiger partial charge in [0, 0.05) is 38.6 Å². The summed E-state index contributed by atoms with van der Waals surface area (Å²) >= 11 is 0. The van der Waals surface area contributed by atoms with Crippen LogP contribution >= 0.6 is 0 Å². The SMILES string of the molecule is O=C(NCc1ccc2c(c1)CCC2)N1CCCN(C(=O)C2CC2)CC1. The van der Waals surface area contributed by atoms with Gasteiger partial charge < -0.3 is 15.1 Å². The van der Waals surface area contributed by atoms with Gasteiger partial charge in [-0.25, -0.2) is 4.79 Å². The highest BCUT2D eigenvalue weighted by Crippen LogP contribution is 2.31. The van der Waals surface area contributed by atoms with Crippen molar-refractivity contribution in [3.63, 3.8) is 0 Å². The molecule has 1 aromatic carbocycles. The quantitative estimate of drug-likeness (QED) is 0.917. The van der Waals surface area contributed by atoms with E-state index in [1.165, 1.54) is 29.5 Å². The highest BCUT2D eigenvalue weighted by molar-refractivity contribution is 5.81. The minimum Gasteiger partial charge on any atom is -0.341 e. The summed E-state index contributed by atoms with van der Waals surface area (Å²) in [6.07, 6.45) is 6.54. The van der Waals surface area contributed by atoms with E-state index in [0.717, 1.165) is 38.8 Å². The summed E-state index contributed by atoms with van der Waals surface area (Å²) in [5.41, 5.74) is 4.08. The lowest BCUT2D eigenvalue weighted by Gasteiger charge is -2.22. The molecule has 0 unspecified atom stereocenters. The fourth-order valence-corrected chi connectivity index (χ4v) is 3.95. The molecule has 0 bridgehead atoms. The molecule has 3 aliphatic rings. The van der Waals surface area contributed by atoms with Crippen LogP contribution in [0.1, 0.15) is 42.4 Å². The number of hydrogen-bond donors (Lipinski definition) is 1. The van der Waals surface area contributed by atoms with Gasteiger partial charge in [-0.3, -0.25) is 4.79 Å². The predicted molar refractivity (Wildman–Crippen MR) is 96.2 cm³/mol. The van der Waals surface area contributed by atoms with E-state index in [1.807, 2.05) is 9.80 Å². The number of carbonyl (C=O) groups is 2. The lowest BCUT2D eigenvalue weighted by molar-refractivity contribution is -0.132. The number of amides is 3. The fourth-order valence-electron chi connectivity index (χ4n) is 3.95. The van der Waals surface area contributed by atoms with E-state index >= 15 is 0 Å². The second kappa shape index (κ2) is 7.06. The normalized spacial score (nSPS) is 20.2. The second-order valence-corrected chi connectivity index (χ2v) is 7.56. The van der Waals surface area contributed by atoms with Crippen molar-refractivity contribution in [2.45, 2.75) is 45.1 Å². The number of rotatable bonds is 3. The first kappa shape index (κ1) is 16.4. The Labute approximate surface area is 149 Å². The van der Waals surface area contributed by atoms with Gasteiger partial charge in [-0.1, -0.05) is 18.2 Å². The Hall–Kier alpha value is -2.04. The van der Waals surface area contributed by atoms with E-state index in [4.69, 9.17) is 0 Å². The molecular formula is C20H27N3O2. The van der Waals surface area contributed by atoms with Crippen LogP contribution in [0, 0.1) is 5.92 Å². The molecule has 1 saturated carbocycles. The maximum Gasteiger partial charge on any atom is 0.317 e. The molecule has 0 atom stereocenters. The minimum absolute atomic E-state index is 0.0128. The van der Waals surface area contributed by atoms with Gasteiger partial charge in [-0.15, -0.1) is 0 Å². The van der Waals surface area contributed by atoms with Crippen LogP contribution in [-0.4, -0.2) is 47.9 Å². The average Bonchev–Trinajstić information content (AvgIpc) is 3.41. The van der Waals surface area contributed by atoms with Crippen molar-refractivity contribution in [2.75, 3.05) is 26.2 Å². The molecule has 3 amide bonds. The van der Waals surface area contributed by atoms with Crippen molar-refractivity contribution < 1.29 is 9.59 Å². The van der Waals surface area contributed by atoms with Crippen LogP contribution in [0.2, 0.25) is 0 Å². The average molecular weight is 341 g/mol. The molecule has 0 spiro atoms. The van der Waals surface area contributed by atoms with E-state index in [-0.39, 0.29) is 11.9 Å². The summed E-state index contributed by atoms with van der Waals surface area (Å²) in [7, 11) is 0. The first-order chi connectivity index (χ1) is 12.2. The monoisotopic (exact) mass is 341 g/mol. The minimum atomic E-state index is -0.0128. The molecule has 1 N–H and O–H groups in total. The number of aryl methyl sites for hydroxylation is 2. The topological polar surface area (TPSA) is 52.7 Å². The molecule has 2 aliphatic carbocycles. The molecule has 1 aromatic rings. The first-order valence-corrected chi connectivity index (χ1v) is 9.63. The van der Waals surface area contributed by atoms with Crippen molar-refractivity contribution in [3.8, 4) is 0 Å². The van der Waals surface area contributed by atoms with E-state index in [2.05, 4.69) is 23.5 Å². The number of nitrogens with one attached hydrogen (secondary N) is 1. The van der Waals surface area contributed by atoms with Crippen LogP contribution in [0.25, 0.3) is 0 Å². The first-order valence-electron chi connectivity index (χ1n) is 9.63. The van der Waals surface area contributed by atoms with Crippen molar-refractivity contribution in [1.82, 2.24) is 15.1 Å². The van der Waals surface area contributed by atoms with Crippen LogP contribution < -0.4 is 5.32 Å². The molecule has 1 aliphatic heterocycles. The Morgan fingerprint density at radius 2 is 1.72 bits per heavy atom. The predicted octanol–water partition coefficient (Wildman–Crippen LogP) is 2.33. The van der Waals surface area contributed by atoms with Crippen LogP contribution in [0.15, 0.2) is 18.2 Å². The molecule has 1 heterocycles. The van der Waals surface area contributed by atoms with Crippen LogP contribution in [0.5, 0.6) is 0 Å². The summed E-state index contributed by atoms with van der Waals surface area (Å²) in [5, 5.41) is 3.05. The highest BCUT2D eigenvalue weighted by Gasteiger charge is 2.34. The zero-order valence-electron chi connectivity index (χ0n) is 14.8. The van der Waals surface area contributed by atoms with Gasteiger partial charge in [0.1, 0.15) is 0 Å². The summed E-state index contributed by atoms with van der Waals surface area (Å²) in [6.45, 7) is 3.39. The summed E-state index contributed by atoms with van der Waals surface area (Å²) in [5.74, 6) is 0.556. The van der Waals surface area contributed by atoms with Crippen molar-refractivity contribution >= 4 is 11.9 Å². The van der Waals surface area contributed by atoms with Crippen LogP contribution in [0.3, 0.4) is 0 Å². The molecule has 1 saturated heterocycles. The maximum atomic E-state index is 12.5. The van der Waals surface area contributed by atoms with Crippen molar-refractivity contribution in [3.05, 3.63) is 34.9 Å². The second-order valence-electron chi connectivity index (χ2n) is 7.56. The Bertz CT molecular complexity index is 669. The van der Waals surface area contributed by atoms with Crippen molar-refractivity contribution in [2.24, 2.45) is 5.92 Å². The van der Waals surface area contributed by atoms with Crippen LogP contribution in [0.4, 0.5) is 4.79 Å². The third kappa shape index (κ3) is 3.80. The van der Waals surface area contributed by atoms with E-state index in [1.54, 1.807) is 0 Å².